The lowest BCUT2D eigenvalue weighted by Gasteiger charge is -2.20. The molecule has 3 aromatic rings. The van der Waals surface area contributed by atoms with Gasteiger partial charge in [-0.2, -0.15) is 5.10 Å². The third-order valence-electron chi connectivity index (χ3n) is 4.84. The van der Waals surface area contributed by atoms with E-state index in [1.165, 1.54) is 12.3 Å². The lowest BCUT2D eigenvalue weighted by Crippen LogP contribution is -2.39. The summed E-state index contributed by atoms with van der Waals surface area (Å²) < 4.78 is 33.8. The highest BCUT2D eigenvalue weighted by atomic mass is 19.2. The number of hydrogen-bond donors (Lipinski definition) is 2. The number of nitrogens with zero attached hydrogens (tertiary/aromatic N) is 2. The van der Waals surface area contributed by atoms with Crippen LogP contribution in [0.4, 0.5) is 8.78 Å². The fourth-order valence-corrected chi connectivity index (χ4v) is 3.41. The first-order chi connectivity index (χ1) is 13.0. The van der Waals surface area contributed by atoms with Crippen molar-refractivity contribution in [3.05, 3.63) is 65.7 Å². The summed E-state index contributed by atoms with van der Waals surface area (Å²) >= 11 is 0. The van der Waals surface area contributed by atoms with Crippen LogP contribution >= 0.6 is 0 Å². The first-order valence-electron chi connectivity index (χ1n) is 8.56. The lowest BCUT2D eigenvalue weighted by atomic mass is 9.94. The first kappa shape index (κ1) is 17.4. The molecule has 6 nitrogen and oxygen atoms in total. The van der Waals surface area contributed by atoms with Gasteiger partial charge in [0.05, 0.1) is 5.69 Å². The predicted octanol–water partition coefficient (Wildman–Crippen LogP) is 2.44. The Hall–Kier alpha value is -3.00. The first-order valence-corrected chi connectivity index (χ1v) is 8.56. The summed E-state index contributed by atoms with van der Waals surface area (Å²) in [6, 6.07) is 7.05. The van der Waals surface area contributed by atoms with Crippen molar-refractivity contribution in [1.29, 1.82) is 0 Å². The standard InChI is InChI=1S/C19H18F2N4O2/c1-25-17(4-5-23-25)12-7-18(27-10-12)19(26)24-16-9-22-8-13(16)11-2-3-14(20)15(21)6-11/h2-7,10,13,16,22H,8-9H2,1H3,(H,24,26)/t13-,16+/m1/s1. The van der Waals surface area contributed by atoms with Crippen LogP contribution in [0.2, 0.25) is 0 Å². The second-order valence-corrected chi connectivity index (χ2v) is 6.56. The van der Waals surface area contributed by atoms with Crippen molar-refractivity contribution < 1.29 is 18.0 Å². The monoisotopic (exact) mass is 372 g/mol. The molecule has 4 rings (SSSR count). The van der Waals surface area contributed by atoms with Gasteiger partial charge in [-0.1, -0.05) is 6.07 Å². The molecule has 140 valence electrons. The molecule has 0 spiro atoms. The van der Waals surface area contributed by atoms with Crippen LogP contribution in [-0.4, -0.2) is 34.8 Å². The maximum absolute atomic E-state index is 13.6. The molecule has 2 atom stereocenters. The molecule has 1 aliphatic heterocycles. The van der Waals surface area contributed by atoms with Crippen LogP contribution in [0.5, 0.6) is 0 Å². The molecule has 0 unspecified atom stereocenters. The molecule has 1 aliphatic rings. The van der Waals surface area contributed by atoms with E-state index in [2.05, 4.69) is 15.7 Å². The molecule has 0 aliphatic carbocycles. The Kier molecular flexibility index (Phi) is 4.49. The maximum Gasteiger partial charge on any atom is 0.287 e. The van der Waals surface area contributed by atoms with Gasteiger partial charge < -0.3 is 15.1 Å². The van der Waals surface area contributed by atoms with Crippen molar-refractivity contribution in [2.24, 2.45) is 7.05 Å². The molecule has 2 aromatic heterocycles. The maximum atomic E-state index is 13.6. The molecule has 27 heavy (non-hydrogen) atoms. The molecule has 1 saturated heterocycles. The smallest absolute Gasteiger partial charge is 0.287 e. The van der Waals surface area contributed by atoms with E-state index in [1.807, 2.05) is 6.07 Å². The highest BCUT2D eigenvalue weighted by molar-refractivity contribution is 5.93. The summed E-state index contributed by atoms with van der Waals surface area (Å²) in [6.07, 6.45) is 3.17. The third-order valence-corrected chi connectivity index (χ3v) is 4.84. The number of amides is 1. The molecule has 1 amide bonds. The summed E-state index contributed by atoms with van der Waals surface area (Å²) in [6.45, 7) is 1.10. The van der Waals surface area contributed by atoms with E-state index >= 15 is 0 Å². The number of aromatic nitrogens is 2. The largest absolute Gasteiger partial charge is 0.458 e. The van der Waals surface area contributed by atoms with Gasteiger partial charge >= 0.3 is 0 Å². The number of aryl methyl sites for hydroxylation is 1. The zero-order chi connectivity index (χ0) is 19.0. The zero-order valence-electron chi connectivity index (χ0n) is 14.6. The number of nitrogens with one attached hydrogen (secondary N) is 2. The predicted molar refractivity (Wildman–Crippen MR) is 94.1 cm³/mol. The topological polar surface area (TPSA) is 72.1 Å². The molecule has 0 bridgehead atoms. The van der Waals surface area contributed by atoms with Crippen LogP contribution < -0.4 is 10.6 Å². The Balaban J connectivity index is 1.49. The Morgan fingerprint density at radius 2 is 2.11 bits per heavy atom. The van der Waals surface area contributed by atoms with Crippen LogP contribution in [0.15, 0.2) is 47.2 Å². The van der Waals surface area contributed by atoms with Crippen LogP contribution in [0.1, 0.15) is 22.0 Å². The van der Waals surface area contributed by atoms with Crippen molar-refractivity contribution in [2.75, 3.05) is 13.1 Å². The number of carbonyl (C=O) groups is 1. The molecular weight excluding hydrogens is 354 g/mol. The molecule has 1 aromatic carbocycles. The van der Waals surface area contributed by atoms with E-state index in [9.17, 15) is 13.6 Å². The minimum absolute atomic E-state index is 0.157. The summed E-state index contributed by atoms with van der Waals surface area (Å²) in [7, 11) is 1.80. The Morgan fingerprint density at radius 3 is 2.85 bits per heavy atom. The van der Waals surface area contributed by atoms with Gasteiger partial charge in [-0.25, -0.2) is 8.78 Å². The Morgan fingerprint density at radius 1 is 1.26 bits per heavy atom. The van der Waals surface area contributed by atoms with Crippen molar-refractivity contribution in [3.63, 3.8) is 0 Å². The van der Waals surface area contributed by atoms with Gasteiger partial charge in [-0.15, -0.1) is 0 Å². The van der Waals surface area contributed by atoms with Gasteiger partial charge in [-0.05, 0) is 29.8 Å². The third kappa shape index (κ3) is 3.35. The van der Waals surface area contributed by atoms with Crippen LogP contribution in [-0.2, 0) is 7.05 Å². The fraction of sp³-hybridized carbons (Fsp3) is 0.263. The van der Waals surface area contributed by atoms with E-state index in [0.717, 1.165) is 17.3 Å². The number of furan rings is 1. The molecule has 2 N–H and O–H groups in total. The molecule has 1 fully saturated rings. The Bertz CT molecular complexity index is 982. The summed E-state index contributed by atoms with van der Waals surface area (Å²) in [4.78, 5) is 12.6. The van der Waals surface area contributed by atoms with Crippen molar-refractivity contribution in [2.45, 2.75) is 12.0 Å². The average molecular weight is 372 g/mol. The normalized spacial score (nSPS) is 19.4. The number of halogens is 2. The van der Waals surface area contributed by atoms with Crippen LogP contribution in [0.25, 0.3) is 11.3 Å². The average Bonchev–Trinajstić information content (AvgIpc) is 3.37. The second kappa shape index (κ2) is 6.96. The SMILES string of the molecule is Cn1nccc1-c1coc(C(=O)N[C@H]2CNC[C@@H]2c2ccc(F)c(F)c2)c1. The number of rotatable bonds is 4. The highest BCUT2D eigenvalue weighted by Gasteiger charge is 2.31. The van der Waals surface area contributed by atoms with Gasteiger partial charge in [0.25, 0.3) is 5.91 Å². The summed E-state index contributed by atoms with van der Waals surface area (Å²) in [5.41, 5.74) is 2.22. The molecule has 0 saturated carbocycles. The van der Waals surface area contributed by atoms with E-state index in [-0.39, 0.29) is 23.6 Å². The molecule has 8 heteroatoms. The fourth-order valence-electron chi connectivity index (χ4n) is 3.41. The zero-order valence-corrected chi connectivity index (χ0v) is 14.6. The molecule has 0 radical (unpaired) electrons. The van der Waals surface area contributed by atoms with Crippen molar-refractivity contribution >= 4 is 5.91 Å². The minimum Gasteiger partial charge on any atom is -0.458 e. The number of carbonyl (C=O) groups excluding carboxylic acids is 1. The van der Waals surface area contributed by atoms with Crippen molar-refractivity contribution in [1.82, 2.24) is 20.4 Å². The van der Waals surface area contributed by atoms with Crippen LogP contribution in [0, 0.1) is 11.6 Å². The molecule has 3 heterocycles. The van der Waals surface area contributed by atoms with Crippen LogP contribution in [0.3, 0.4) is 0 Å². The minimum atomic E-state index is -0.892. The quantitative estimate of drug-likeness (QED) is 0.738. The molecular formula is C19H18F2N4O2. The van der Waals surface area contributed by atoms with Gasteiger partial charge in [0, 0.05) is 43.9 Å². The summed E-state index contributed by atoms with van der Waals surface area (Å²) in [5, 5.41) is 10.2. The van der Waals surface area contributed by atoms with Gasteiger partial charge in [-0.3, -0.25) is 9.48 Å². The summed E-state index contributed by atoms with van der Waals surface area (Å²) in [5.74, 6) is -2.11. The number of benzene rings is 1. The van der Waals surface area contributed by atoms with E-state index in [4.69, 9.17) is 4.42 Å². The van der Waals surface area contributed by atoms with E-state index < -0.39 is 11.6 Å². The highest BCUT2D eigenvalue weighted by Crippen LogP contribution is 2.26. The number of hydrogen-bond acceptors (Lipinski definition) is 4. The van der Waals surface area contributed by atoms with E-state index in [1.54, 1.807) is 30.1 Å². The van der Waals surface area contributed by atoms with Gasteiger partial charge in [0.15, 0.2) is 17.4 Å². The Labute approximate surface area is 154 Å². The second-order valence-electron chi connectivity index (χ2n) is 6.56. The lowest BCUT2D eigenvalue weighted by molar-refractivity contribution is 0.0909. The van der Waals surface area contributed by atoms with Gasteiger partial charge in [0.2, 0.25) is 0 Å². The van der Waals surface area contributed by atoms with Crippen molar-refractivity contribution in [3.8, 4) is 11.3 Å². The van der Waals surface area contributed by atoms with Gasteiger partial charge in [0.1, 0.15) is 6.26 Å². The van der Waals surface area contributed by atoms with E-state index in [0.29, 0.717) is 18.7 Å².